The van der Waals surface area contributed by atoms with Gasteiger partial charge in [0.15, 0.2) is 0 Å². The summed E-state index contributed by atoms with van der Waals surface area (Å²) in [5.41, 5.74) is 0. The van der Waals surface area contributed by atoms with Crippen LogP contribution in [0.25, 0.3) is 10.2 Å². The van der Waals surface area contributed by atoms with Crippen molar-refractivity contribution < 1.29 is 0 Å². The fourth-order valence-electron chi connectivity index (χ4n) is 2.48. The normalized spacial score (nSPS) is 17.2. The predicted molar refractivity (Wildman–Crippen MR) is 82.0 cm³/mol. The first-order chi connectivity index (χ1) is 9.28. The molecular weight excluding hydrogens is 256 g/mol. The zero-order valence-electron chi connectivity index (χ0n) is 11.4. The van der Waals surface area contributed by atoms with Gasteiger partial charge in [0.1, 0.15) is 10.6 Å². The standard InChI is InChI=1S/C14H20N4S/c1-3-15-14-17-12(11-7-8-19-13(11)18-14)16-9(2)10-5-4-6-10/h7-10H,3-6H2,1-2H3,(H2,15,16,17,18). The molecule has 1 unspecified atom stereocenters. The molecule has 2 heterocycles. The first-order valence-electron chi connectivity index (χ1n) is 7.03. The van der Waals surface area contributed by atoms with Gasteiger partial charge in [0, 0.05) is 12.6 Å². The predicted octanol–water partition coefficient (Wildman–Crippen LogP) is 3.72. The molecule has 0 aliphatic heterocycles. The van der Waals surface area contributed by atoms with Crippen molar-refractivity contribution in [2.45, 2.75) is 39.2 Å². The number of hydrogen-bond acceptors (Lipinski definition) is 5. The second kappa shape index (κ2) is 5.33. The molecule has 0 aromatic carbocycles. The summed E-state index contributed by atoms with van der Waals surface area (Å²) < 4.78 is 0. The van der Waals surface area contributed by atoms with Crippen LogP contribution in [0.5, 0.6) is 0 Å². The van der Waals surface area contributed by atoms with Crippen molar-refractivity contribution in [2.24, 2.45) is 5.92 Å². The summed E-state index contributed by atoms with van der Waals surface area (Å²) >= 11 is 1.67. The Balaban J connectivity index is 1.88. The van der Waals surface area contributed by atoms with E-state index in [1.54, 1.807) is 11.3 Å². The summed E-state index contributed by atoms with van der Waals surface area (Å²) in [6.07, 6.45) is 4.05. The van der Waals surface area contributed by atoms with E-state index in [9.17, 15) is 0 Å². The Morgan fingerprint density at radius 2 is 2.26 bits per heavy atom. The quantitative estimate of drug-likeness (QED) is 0.873. The number of aromatic nitrogens is 2. The van der Waals surface area contributed by atoms with Crippen molar-refractivity contribution in [3.63, 3.8) is 0 Å². The lowest BCUT2D eigenvalue weighted by molar-refractivity contribution is 0.285. The maximum absolute atomic E-state index is 4.62. The average Bonchev–Trinajstić information content (AvgIpc) is 2.75. The maximum Gasteiger partial charge on any atom is 0.226 e. The highest BCUT2D eigenvalue weighted by Gasteiger charge is 2.24. The number of nitrogens with zero attached hydrogens (tertiary/aromatic N) is 2. The maximum atomic E-state index is 4.62. The van der Waals surface area contributed by atoms with E-state index in [0.29, 0.717) is 6.04 Å². The summed E-state index contributed by atoms with van der Waals surface area (Å²) in [6.45, 7) is 5.16. The Hall–Kier alpha value is -1.36. The average molecular weight is 276 g/mol. The van der Waals surface area contributed by atoms with Crippen molar-refractivity contribution in [3.8, 4) is 0 Å². The van der Waals surface area contributed by atoms with E-state index >= 15 is 0 Å². The first-order valence-corrected chi connectivity index (χ1v) is 7.91. The highest BCUT2D eigenvalue weighted by atomic mass is 32.1. The molecule has 0 amide bonds. The van der Waals surface area contributed by atoms with Gasteiger partial charge in [0.05, 0.1) is 5.39 Å². The third-order valence-electron chi connectivity index (χ3n) is 3.88. The molecule has 1 fully saturated rings. The molecule has 4 nitrogen and oxygen atoms in total. The molecule has 19 heavy (non-hydrogen) atoms. The number of nitrogens with one attached hydrogen (secondary N) is 2. The number of rotatable bonds is 5. The van der Waals surface area contributed by atoms with E-state index in [0.717, 1.165) is 34.4 Å². The van der Waals surface area contributed by atoms with Crippen LogP contribution in [0.3, 0.4) is 0 Å². The highest BCUT2D eigenvalue weighted by Crippen LogP contribution is 2.33. The monoisotopic (exact) mass is 276 g/mol. The molecule has 2 N–H and O–H groups in total. The number of fused-ring (bicyclic) bond motifs is 1. The first kappa shape index (κ1) is 12.7. The lowest BCUT2D eigenvalue weighted by Gasteiger charge is -2.32. The van der Waals surface area contributed by atoms with Crippen LogP contribution >= 0.6 is 11.3 Å². The van der Waals surface area contributed by atoms with E-state index in [1.807, 2.05) is 0 Å². The Morgan fingerprint density at radius 3 is 2.95 bits per heavy atom. The second-order valence-corrected chi connectivity index (χ2v) is 6.08. The Labute approximate surface area is 117 Å². The molecule has 1 aliphatic rings. The van der Waals surface area contributed by atoms with Gasteiger partial charge in [-0.1, -0.05) is 6.42 Å². The van der Waals surface area contributed by atoms with Crippen molar-refractivity contribution in [2.75, 3.05) is 17.2 Å². The molecule has 0 radical (unpaired) electrons. The third-order valence-corrected chi connectivity index (χ3v) is 4.69. The van der Waals surface area contributed by atoms with Gasteiger partial charge in [-0.25, -0.2) is 4.98 Å². The zero-order chi connectivity index (χ0) is 13.2. The minimum absolute atomic E-state index is 0.487. The van der Waals surface area contributed by atoms with Crippen molar-refractivity contribution in [1.29, 1.82) is 0 Å². The zero-order valence-corrected chi connectivity index (χ0v) is 12.3. The van der Waals surface area contributed by atoms with Crippen molar-refractivity contribution >= 4 is 33.3 Å². The second-order valence-electron chi connectivity index (χ2n) is 5.19. The van der Waals surface area contributed by atoms with Gasteiger partial charge in [0.25, 0.3) is 0 Å². The number of thiophene rings is 1. The van der Waals surface area contributed by atoms with Crippen molar-refractivity contribution in [1.82, 2.24) is 9.97 Å². The van der Waals surface area contributed by atoms with Crippen molar-refractivity contribution in [3.05, 3.63) is 11.4 Å². The van der Waals surface area contributed by atoms with Crippen LogP contribution in [0.4, 0.5) is 11.8 Å². The van der Waals surface area contributed by atoms with Crippen LogP contribution < -0.4 is 10.6 Å². The van der Waals surface area contributed by atoms with Gasteiger partial charge < -0.3 is 10.6 Å². The van der Waals surface area contributed by atoms with Gasteiger partial charge in [-0.15, -0.1) is 11.3 Å². The Bertz CT molecular complexity index is 562. The van der Waals surface area contributed by atoms with E-state index in [1.165, 1.54) is 19.3 Å². The Morgan fingerprint density at radius 1 is 1.42 bits per heavy atom. The molecule has 1 saturated carbocycles. The summed E-state index contributed by atoms with van der Waals surface area (Å²) in [7, 11) is 0. The lowest BCUT2D eigenvalue weighted by atomic mass is 9.80. The smallest absolute Gasteiger partial charge is 0.226 e. The highest BCUT2D eigenvalue weighted by molar-refractivity contribution is 7.16. The minimum Gasteiger partial charge on any atom is -0.367 e. The topological polar surface area (TPSA) is 49.8 Å². The van der Waals surface area contributed by atoms with E-state index < -0.39 is 0 Å². The SMILES string of the molecule is CCNc1nc(NC(C)C2CCC2)c2ccsc2n1. The molecule has 0 saturated heterocycles. The van der Waals surface area contributed by atoms with Gasteiger partial charge in [0.2, 0.25) is 5.95 Å². The van der Waals surface area contributed by atoms with Gasteiger partial charge in [-0.05, 0) is 44.1 Å². The fraction of sp³-hybridized carbons (Fsp3) is 0.571. The van der Waals surface area contributed by atoms with Gasteiger partial charge in [-0.2, -0.15) is 4.98 Å². The van der Waals surface area contributed by atoms with Gasteiger partial charge in [-0.3, -0.25) is 0 Å². The minimum atomic E-state index is 0.487. The van der Waals surface area contributed by atoms with E-state index in [-0.39, 0.29) is 0 Å². The van der Waals surface area contributed by atoms with Gasteiger partial charge >= 0.3 is 0 Å². The summed E-state index contributed by atoms with van der Waals surface area (Å²) in [5.74, 6) is 2.49. The van der Waals surface area contributed by atoms with Crippen LogP contribution in [-0.4, -0.2) is 22.6 Å². The molecule has 1 aliphatic carbocycles. The fourth-order valence-corrected chi connectivity index (χ4v) is 3.24. The molecule has 5 heteroatoms. The molecular formula is C14H20N4S. The van der Waals surface area contributed by atoms with E-state index in [2.05, 4.69) is 45.9 Å². The Kier molecular flexibility index (Phi) is 3.55. The molecule has 0 spiro atoms. The molecule has 0 bridgehead atoms. The van der Waals surface area contributed by atoms with Crippen LogP contribution in [0.15, 0.2) is 11.4 Å². The van der Waals surface area contributed by atoms with E-state index in [4.69, 9.17) is 0 Å². The van der Waals surface area contributed by atoms with Crippen LogP contribution in [-0.2, 0) is 0 Å². The third kappa shape index (κ3) is 2.52. The van der Waals surface area contributed by atoms with Crippen LogP contribution in [0.1, 0.15) is 33.1 Å². The van der Waals surface area contributed by atoms with Crippen LogP contribution in [0, 0.1) is 5.92 Å². The molecule has 1 atom stereocenters. The molecule has 3 rings (SSSR count). The molecule has 2 aromatic rings. The largest absolute Gasteiger partial charge is 0.367 e. The number of anilines is 2. The summed E-state index contributed by atoms with van der Waals surface area (Å²) in [5, 5.41) is 10.0. The summed E-state index contributed by atoms with van der Waals surface area (Å²) in [4.78, 5) is 10.2. The molecule has 102 valence electrons. The number of hydrogen-bond donors (Lipinski definition) is 2. The summed E-state index contributed by atoms with van der Waals surface area (Å²) in [6, 6.07) is 2.59. The van der Waals surface area contributed by atoms with Crippen LogP contribution in [0.2, 0.25) is 0 Å². The molecule has 2 aromatic heterocycles. The lowest BCUT2D eigenvalue weighted by Crippen LogP contribution is -2.31.